The van der Waals surface area contributed by atoms with Crippen LogP contribution in [0, 0.1) is 41.5 Å². The lowest BCUT2D eigenvalue weighted by Gasteiger charge is -2.54. The molecular formula is C46H63Cl2N2P. The number of hydrogen-bond donors (Lipinski definition) is 2. The molecule has 4 aliphatic carbocycles. The van der Waals surface area contributed by atoms with Crippen molar-refractivity contribution in [3.63, 3.8) is 0 Å². The molecule has 276 valence electrons. The minimum atomic E-state index is -1.77. The molecule has 1 heterocycles. The van der Waals surface area contributed by atoms with E-state index in [0.29, 0.717) is 5.66 Å². The zero-order valence-electron chi connectivity index (χ0n) is 32.4. The highest BCUT2D eigenvalue weighted by molar-refractivity contribution is 7.77. The number of nitrogens with one attached hydrogen (secondary N) is 2. The van der Waals surface area contributed by atoms with Crippen molar-refractivity contribution in [1.29, 1.82) is 0 Å². The Balaban J connectivity index is 1.62. The van der Waals surface area contributed by atoms with Crippen LogP contribution < -0.4 is 10.6 Å². The maximum atomic E-state index is 6.99. The van der Waals surface area contributed by atoms with Crippen molar-refractivity contribution < 1.29 is 0 Å². The molecule has 0 aromatic heterocycles. The van der Waals surface area contributed by atoms with E-state index < -0.39 is 11.2 Å². The van der Waals surface area contributed by atoms with Gasteiger partial charge in [0.25, 0.3) is 0 Å². The molecule has 0 bridgehead atoms. The lowest BCUT2D eigenvalue weighted by Crippen LogP contribution is -2.42. The third kappa shape index (κ3) is 7.10. The summed E-state index contributed by atoms with van der Waals surface area (Å²) < 4.78 is -0.584. The monoisotopic (exact) mass is 744 g/mol. The van der Waals surface area contributed by atoms with Crippen molar-refractivity contribution in [2.24, 2.45) is 0 Å². The van der Waals surface area contributed by atoms with Gasteiger partial charge in [0.15, 0.2) is 0 Å². The molecule has 3 saturated carbocycles. The number of rotatable bonds is 6. The molecule has 4 fully saturated rings. The zero-order chi connectivity index (χ0) is 36.0. The molecule has 51 heavy (non-hydrogen) atoms. The van der Waals surface area contributed by atoms with E-state index in [1.807, 2.05) is 0 Å². The van der Waals surface area contributed by atoms with Gasteiger partial charge >= 0.3 is 0 Å². The Morgan fingerprint density at radius 2 is 1.12 bits per heavy atom. The molecule has 0 spiro atoms. The second-order valence-electron chi connectivity index (χ2n) is 17.2. The van der Waals surface area contributed by atoms with Gasteiger partial charge < -0.3 is 10.6 Å². The van der Waals surface area contributed by atoms with Gasteiger partial charge in [0.05, 0.1) is 5.41 Å². The van der Waals surface area contributed by atoms with E-state index in [2.05, 4.69) is 100 Å². The van der Waals surface area contributed by atoms with Crippen LogP contribution in [0.4, 0.5) is 0 Å². The number of allylic oxidation sites excluding steroid dienone is 5. The van der Waals surface area contributed by atoms with Crippen LogP contribution >= 0.6 is 30.1 Å². The minimum absolute atomic E-state index is 0.380. The largest absolute Gasteiger partial charge is 0.370 e. The molecule has 0 amide bonds. The molecule has 1 saturated heterocycles. The van der Waals surface area contributed by atoms with E-state index in [4.69, 9.17) is 23.2 Å². The maximum absolute atomic E-state index is 6.99. The topological polar surface area (TPSA) is 24.1 Å². The number of benzene rings is 2. The van der Waals surface area contributed by atoms with Gasteiger partial charge in [-0.1, -0.05) is 105 Å². The third-order valence-corrected chi connectivity index (χ3v) is 20.4. The Kier molecular flexibility index (Phi) is 11.1. The SMILES string of the molecule is Cc1cc(C)c(C2=CC=CC(C=P(C3CCCCC3)(C3CCCCC3)C3CCC(Cl)(Cl)CC3)(c3c(C)cc(C)cc3C)C2=C2NCCN2)c(C)c1. The molecule has 2 nitrogen and oxygen atoms in total. The Morgan fingerprint density at radius 1 is 0.647 bits per heavy atom. The minimum Gasteiger partial charge on any atom is -0.370 e. The zero-order valence-corrected chi connectivity index (χ0v) is 34.8. The van der Waals surface area contributed by atoms with Gasteiger partial charge in [-0.05, 0) is 149 Å². The summed E-state index contributed by atoms with van der Waals surface area (Å²) in [5, 5.41) is 7.88. The summed E-state index contributed by atoms with van der Waals surface area (Å²) in [7, 11) is 0. The second kappa shape index (κ2) is 15.1. The van der Waals surface area contributed by atoms with Crippen molar-refractivity contribution in [1.82, 2.24) is 10.6 Å². The molecule has 0 radical (unpaired) electrons. The fourth-order valence-electron chi connectivity index (χ4n) is 11.8. The summed E-state index contributed by atoms with van der Waals surface area (Å²) in [6.07, 6.45) is 25.6. The number of alkyl halides is 2. The average molecular weight is 746 g/mol. The Morgan fingerprint density at radius 3 is 1.63 bits per heavy atom. The number of halogens is 2. The van der Waals surface area contributed by atoms with Crippen molar-refractivity contribution in [3.05, 3.63) is 98.4 Å². The number of aryl methyl sites for hydroxylation is 6. The predicted molar refractivity (Wildman–Crippen MR) is 227 cm³/mol. The Labute approximate surface area is 320 Å². The molecule has 1 aliphatic heterocycles. The molecule has 1 unspecified atom stereocenters. The van der Waals surface area contributed by atoms with E-state index >= 15 is 0 Å². The van der Waals surface area contributed by atoms with Gasteiger partial charge in [-0.25, -0.2) is 0 Å². The van der Waals surface area contributed by atoms with E-state index in [9.17, 15) is 0 Å². The van der Waals surface area contributed by atoms with Crippen molar-refractivity contribution in [2.45, 2.75) is 158 Å². The third-order valence-electron chi connectivity index (χ3n) is 13.5. The van der Waals surface area contributed by atoms with Gasteiger partial charge in [0, 0.05) is 18.7 Å². The van der Waals surface area contributed by atoms with E-state index in [1.165, 1.54) is 126 Å². The lowest BCUT2D eigenvalue weighted by atomic mass is 9.66. The summed E-state index contributed by atoms with van der Waals surface area (Å²) in [5.74, 6) is 4.40. The lowest BCUT2D eigenvalue weighted by molar-refractivity contribution is 0.449. The van der Waals surface area contributed by atoms with Gasteiger partial charge in [0.2, 0.25) is 0 Å². The highest BCUT2D eigenvalue weighted by Gasteiger charge is 2.50. The van der Waals surface area contributed by atoms with Crippen molar-refractivity contribution in [3.8, 4) is 0 Å². The molecule has 2 N–H and O–H groups in total. The highest BCUT2D eigenvalue weighted by Crippen LogP contribution is 2.71. The Hall–Kier alpha value is -1.86. The average Bonchev–Trinajstić information content (AvgIpc) is 3.62. The van der Waals surface area contributed by atoms with Crippen LogP contribution in [-0.4, -0.2) is 40.2 Å². The first-order chi connectivity index (χ1) is 24.4. The predicted octanol–water partition coefficient (Wildman–Crippen LogP) is 12.4. The van der Waals surface area contributed by atoms with Crippen LogP contribution in [0.1, 0.15) is 134 Å². The maximum Gasteiger partial charge on any atom is 0.118 e. The second-order valence-corrected chi connectivity index (χ2v) is 23.0. The normalized spacial score (nSPS) is 25.1. The van der Waals surface area contributed by atoms with E-state index in [1.54, 1.807) is 0 Å². The fourth-order valence-corrected chi connectivity index (χ4v) is 19.3. The quantitative estimate of drug-likeness (QED) is 0.227. The van der Waals surface area contributed by atoms with Crippen LogP contribution in [-0.2, 0) is 5.41 Å². The van der Waals surface area contributed by atoms with Gasteiger partial charge in [0.1, 0.15) is 10.2 Å². The highest BCUT2D eigenvalue weighted by atomic mass is 35.5. The smallest absolute Gasteiger partial charge is 0.118 e. The number of hydrogen-bond acceptors (Lipinski definition) is 2. The fraction of sp³-hybridized carbons (Fsp3) is 0.587. The molecule has 2 aromatic carbocycles. The van der Waals surface area contributed by atoms with Crippen molar-refractivity contribution >= 4 is 41.5 Å². The summed E-state index contributed by atoms with van der Waals surface area (Å²) in [4.78, 5) is 0. The Bertz CT molecular complexity index is 1700. The van der Waals surface area contributed by atoms with Gasteiger partial charge in [-0.2, -0.15) is 0 Å². The summed E-state index contributed by atoms with van der Waals surface area (Å²) >= 11 is 14.0. The van der Waals surface area contributed by atoms with Crippen molar-refractivity contribution in [2.75, 3.05) is 13.1 Å². The van der Waals surface area contributed by atoms with E-state index in [0.717, 1.165) is 50.1 Å². The summed E-state index contributed by atoms with van der Waals surface area (Å²) in [5.41, 5.74) is 15.8. The molecule has 1 atom stereocenters. The first-order valence-corrected chi connectivity index (χ1v) is 23.2. The van der Waals surface area contributed by atoms with Crippen LogP contribution in [0.2, 0.25) is 0 Å². The van der Waals surface area contributed by atoms with E-state index in [-0.39, 0.29) is 5.41 Å². The van der Waals surface area contributed by atoms with Gasteiger partial charge in [-0.3, -0.25) is 0 Å². The summed E-state index contributed by atoms with van der Waals surface area (Å²) in [6.45, 7) is 14.1. The molecule has 5 aliphatic rings. The van der Waals surface area contributed by atoms with Crippen LogP contribution in [0.5, 0.6) is 0 Å². The standard InChI is InChI=1S/C46H63Cl2N2P/c1-31-26-33(3)41(34(4)27-31)40-18-13-21-45(43(40)44-49-24-25-50-44,42-35(5)28-32(2)29-36(42)6)30-51(37-14-9-7-10-15-37,38-16-11-8-12-17-38)39-19-22-46(47,48)23-20-39/h13,18,21,26-30,37-39,49-50H,7-12,14-17,19-20,22-25H2,1-6H3. The first-order valence-electron chi connectivity index (χ1n) is 20.4. The van der Waals surface area contributed by atoms with Crippen LogP contribution in [0.3, 0.4) is 0 Å². The molecule has 5 heteroatoms. The molecule has 7 rings (SSSR count). The van der Waals surface area contributed by atoms with Crippen LogP contribution in [0.15, 0.2) is 53.9 Å². The van der Waals surface area contributed by atoms with Crippen LogP contribution in [0.25, 0.3) is 5.57 Å². The summed E-state index contributed by atoms with van der Waals surface area (Å²) in [6, 6.07) is 9.70. The molecular weight excluding hydrogens is 682 g/mol. The first kappa shape index (κ1) is 37.5. The molecule has 2 aromatic rings. The van der Waals surface area contributed by atoms with Gasteiger partial charge in [-0.15, -0.1) is 23.2 Å².